The van der Waals surface area contributed by atoms with Crippen LogP contribution in [0.4, 0.5) is 0 Å². The highest BCUT2D eigenvalue weighted by Gasteiger charge is 2.20. The summed E-state index contributed by atoms with van der Waals surface area (Å²) in [7, 11) is 0. The molecule has 4 nitrogen and oxygen atoms in total. The smallest absolute Gasteiger partial charge is 0.140 e. The highest BCUT2D eigenvalue weighted by molar-refractivity contribution is 4.84. The van der Waals surface area contributed by atoms with Crippen molar-refractivity contribution in [3.8, 4) is 0 Å². The van der Waals surface area contributed by atoms with Gasteiger partial charge in [0, 0.05) is 6.54 Å². The molecule has 4 heteroatoms. The van der Waals surface area contributed by atoms with Crippen LogP contribution in [-0.2, 0) is 13.1 Å². The Morgan fingerprint density at radius 1 is 1.50 bits per heavy atom. The average Bonchev–Trinajstić information content (AvgIpc) is 2.87. The van der Waals surface area contributed by atoms with E-state index in [1.165, 1.54) is 19.3 Å². The summed E-state index contributed by atoms with van der Waals surface area (Å²) in [6.07, 6.45) is 5.80. The first kappa shape index (κ1) is 11.6. The van der Waals surface area contributed by atoms with Crippen LogP contribution in [0.1, 0.15) is 38.9 Å². The topological polar surface area (TPSA) is 42.7 Å². The van der Waals surface area contributed by atoms with Crippen molar-refractivity contribution in [2.45, 2.75) is 46.2 Å². The van der Waals surface area contributed by atoms with E-state index in [2.05, 4.69) is 29.2 Å². The molecule has 0 spiro atoms. The Kier molecular flexibility index (Phi) is 3.93. The van der Waals surface area contributed by atoms with Crippen LogP contribution in [-0.4, -0.2) is 21.3 Å². The van der Waals surface area contributed by atoms with Crippen molar-refractivity contribution >= 4 is 0 Å². The van der Waals surface area contributed by atoms with E-state index in [0.717, 1.165) is 37.3 Å². The lowest BCUT2D eigenvalue weighted by atomic mass is 10.1. The summed E-state index contributed by atoms with van der Waals surface area (Å²) in [5.41, 5.74) is 0. The fourth-order valence-corrected chi connectivity index (χ4v) is 2.59. The fraction of sp³-hybridized carbons (Fsp3) is 0.833. The van der Waals surface area contributed by atoms with E-state index in [1.54, 1.807) is 6.33 Å². The maximum Gasteiger partial charge on any atom is 0.140 e. The Balaban J connectivity index is 1.72. The van der Waals surface area contributed by atoms with E-state index in [1.807, 2.05) is 4.68 Å². The van der Waals surface area contributed by atoms with Gasteiger partial charge in [-0.05, 0) is 38.1 Å². The van der Waals surface area contributed by atoms with Gasteiger partial charge in [0.25, 0.3) is 0 Å². The van der Waals surface area contributed by atoms with Crippen molar-refractivity contribution < 1.29 is 0 Å². The lowest BCUT2D eigenvalue weighted by molar-refractivity contribution is 0.459. The van der Waals surface area contributed by atoms with Gasteiger partial charge in [-0.1, -0.05) is 13.3 Å². The molecule has 0 aromatic carbocycles. The number of hydrogen-bond acceptors (Lipinski definition) is 3. The van der Waals surface area contributed by atoms with Gasteiger partial charge in [-0.25, -0.2) is 9.67 Å². The number of hydrogen-bond donors (Lipinski definition) is 1. The molecule has 2 atom stereocenters. The van der Waals surface area contributed by atoms with Crippen LogP contribution in [0, 0.1) is 11.8 Å². The maximum absolute atomic E-state index is 4.26. The zero-order valence-electron chi connectivity index (χ0n) is 10.3. The second kappa shape index (κ2) is 5.43. The molecule has 2 rings (SSSR count). The van der Waals surface area contributed by atoms with E-state index in [4.69, 9.17) is 0 Å². The minimum atomic E-state index is 0.846. The summed E-state index contributed by atoms with van der Waals surface area (Å²) in [6.45, 7) is 7.32. The van der Waals surface area contributed by atoms with Gasteiger partial charge < -0.3 is 5.32 Å². The minimum absolute atomic E-state index is 0.846. The first-order valence-corrected chi connectivity index (χ1v) is 6.37. The zero-order valence-corrected chi connectivity index (χ0v) is 10.3. The van der Waals surface area contributed by atoms with Crippen LogP contribution in [0.3, 0.4) is 0 Å². The molecular formula is C12H22N4. The Hall–Kier alpha value is -0.900. The summed E-state index contributed by atoms with van der Waals surface area (Å²) < 4.78 is 1.95. The Morgan fingerprint density at radius 2 is 2.38 bits per heavy atom. The van der Waals surface area contributed by atoms with E-state index in [-0.39, 0.29) is 0 Å². The zero-order chi connectivity index (χ0) is 11.4. The molecular weight excluding hydrogens is 200 g/mol. The highest BCUT2D eigenvalue weighted by atomic mass is 15.3. The monoisotopic (exact) mass is 222 g/mol. The van der Waals surface area contributed by atoms with Gasteiger partial charge in [-0.15, -0.1) is 0 Å². The standard InChI is InChI=1S/C12H22N4/c1-3-16-12(14-9-15-16)8-13-7-11-5-4-10(2)6-11/h9-11,13H,3-8H2,1-2H3. The lowest BCUT2D eigenvalue weighted by Gasteiger charge is -2.10. The summed E-state index contributed by atoms with van der Waals surface area (Å²) in [5, 5.41) is 7.66. The second-order valence-electron chi connectivity index (χ2n) is 4.91. The van der Waals surface area contributed by atoms with Crippen molar-refractivity contribution in [1.82, 2.24) is 20.1 Å². The van der Waals surface area contributed by atoms with Crippen molar-refractivity contribution in [3.05, 3.63) is 12.2 Å². The average molecular weight is 222 g/mol. The molecule has 90 valence electrons. The fourth-order valence-electron chi connectivity index (χ4n) is 2.59. The van der Waals surface area contributed by atoms with E-state index in [9.17, 15) is 0 Å². The van der Waals surface area contributed by atoms with Crippen LogP contribution < -0.4 is 5.32 Å². The predicted molar refractivity (Wildman–Crippen MR) is 63.9 cm³/mol. The van der Waals surface area contributed by atoms with Crippen LogP contribution in [0.5, 0.6) is 0 Å². The van der Waals surface area contributed by atoms with E-state index in [0.29, 0.717) is 0 Å². The minimum Gasteiger partial charge on any atom is -0.310 e. The van der Waals surface area contributed by atoms with Crippen LogP contribution in [0.2, 0.25) is 0 Å². The molecule has 1 aromatic rings. The Labute approximate surface area is 97.5 Å². The van der Waals surface area contributed by atoms with Gasteiger partial charge in [0.15, 0.2) is 0 Å². The van der Waals surface area contributed by atoms with E-state index < -0.39 is 0 Å². The van der Waals surface area contributed by atoms with Gasteiger partial charge in [-0.3, -0.25) is 0 Å². The Morgan fingerprint density at radius 3 is 3.06 bits per heavy atom. The molecule has 0 amide bonds. The molecule has 1 aromatic heterocycles. The molecule has 1 aliphatic carbocycles. The van der Waals surface area contributed by atoms with Gasteiger partial charge >= 0.3 is 0 Å². The quantitative estimate of drug-likeness (QED) is 0.826. The first-order chi connectivity index (χ1) is 7.79. The maximum atomic E-state index is 4.26. The van der Waals surface area contributed by atoms with Crippen molar-refractivity contribution in [1.29, 1.82) is 0 Å². The van der Waals surface area contributed by atoms with Crippen LogP contribution >= 0.6 is 0 Å². The number of nitrogens with one attached hydrogen (secondary N) is 1. The highest BCUT2D eigenvalue weighted by Crippen LogP contribution is 2.29. The number of rotatable bonds is 5. The third-order valence-electron chi connectivity index (χ3n) is 3.51. The van der Waals surface area contributed by atoms with Crippen molar-refractivity contribution in [2.75, 3.05) is 6.54 Å². The largest absolute Gasteiger partial charge is 0.310 e. The first-order valence-electron chi connectivity index (χ1n) is 6.37. The van der Waals surface area contributed by atoms with Gasteiger partial charge in [0.2, 0.25) is 0 Å². The molecule has 1 N–H and O–H groups in total. The van der Waals surface area contributed by atoms with Crippen molar-refractivity contribution in [2.24, 2.45) is 11.8 Å². The molecule has 0 aliphatic heterocycles. The molecule has 1 aliphatic rings. The van der Waals surface area contributed by atoms with Crippen LogP contribution in [0.25, 0.3) is 0 Å². The number of aromatic nitrogens is 3. The third kappa shape index (κ3) is 2.82. The SMILES string of the molecule is CCn1ncnc1CNCC1CCC(C)C1. The molecule has 2 unspecified atom stereocenters. The summed E-state index contributed by atoms with van der Waals surface area (Å²) in [5.74, 6) is 2.84. The predicted octanol–water partition coefficient (Wildman–Crippen LogP) is 1.82. The normalized spacial score (nSPS) is 25.1. The van der Waals surface area contributed by atoms with Gasteiger partial charge in [0.05, 0.1) is 6.54 Å². The van der Waals surface area contributed by atoms with E-state index >= 15 is 0 Å². The molecule has 1 saturated carbocycles. The molecule has 0 bridgehead atoms. The number of aryl methyl sites for hydroxylation is 1. The summed E-state index contributed by atoms with van der Waals surface area (Å²) >= 11 is 0. The molecule has 1 fully saturated rings. The molecule has 0 saturated heterocycles. The second-order valence-corrected chi connectivity index (χ2v) is 4.91. The molecule has 16 heavy (non-hydrogen) atoms. The van der Waals surface area contributed by atoms with Gasteiger partial charge in [-0.2, -0.15) is 5.10 Å². The third-order valence-corrected chi connectivity index (χ3v) is 3.51. The Bertz CT molecular complexity index is 321. The molecule has 1 heterocycles. The lowest BCUT2D eigenvalue weighted by Crippen LogP contribution is -2.23. The molecule has 0 radical (unpaired) electrons. The van der Waals surface area contributed by atoms with Gasteiger partial charge in [0.1, 0.15) is 12.2 Å². The van der Waals surface area contributed by atoms with Crippen molar-refractivity contribution in [3.63, 3.8) is 0 Å². The van der Waals surface area contributed by atoms with Crippen LogP contribution in [0.15, 0.2) is 6.33 Å². The summed E-state index contributed by atoms with van der Waals surface area (Å²) in [6, 6.07) is 0. The number of nitrogens with zero attached hydrogens (tertiary/aromatic N) is 3. The summed E-state index contributed by atoms with van der Waals surface area (Å²) in [4.78, 5) is 4.26.